The number of rotatable bonds is 7. The van der Waals surface area contributed by atoms with Crippen LogP contribution in [0.1, 0.15) is 21.7 Å². The van der Waals surface area contributed by atoms with Crippen LogP contribution in [0.25, 0.3) is 0 Å². The van der Waals surface area contributed by atoms with Crippen LogP contribution in [0.3, 0.4) is 0 Å². The van der Waals surface area contributed by atoms with E-state index in [0.29, 0.717) is 28.5 Å². The Hall–Kier alpha value is -3.81. The molecule has 30 heavy (non-hydrogen) atoms. The number of anilines is 2. The quantitative estimate of drug-likeness (QED) is 0.603. The van der Waals surface area contributed by atoms with Crippen molar-refractivity contribution in [2.75, 3.05) is 24.4 Å². The number of carbonyl (C=O) groups is 2. The maximum atomic E-state index is 14.1. The number of carbonyl (C=O) groups excluding carboxylic acids is 2. The van der Waals surface area contributed by atoms with Gasteiger partial charge < -0.3 is 24.5 Å². The summed E-state index contributed by atoms with van der Waals surface area (Å²) in [7, 11) is 1.51. The molecule has 3 aromatic rings. The maximum absolute atomic E-state index is 14.1. The SMILES string of the molecule is COc1cc(C)ccc1OCC(=O)Nc1ccc(F)c(NC(=O)c2ccoc2C)c1. The largest absolute Gasteiger partial charge is 0.493 e. The number of furan rings is 1. The van der Waals surface area contributed by atoms with E-state index < -0.39 is 17.6 Å². The molecule has 3 rings (SSSR count). The average Bonchev–Trinajstić information content (AvgIpc) is 3.15. The Bertz CT molecular complexity index is 1080. The molecule has 0 aliphatic rings. The van der Waals surface area contributed by atoms with Crippen LogP contribution in [-0.4, -0.2) is 25.5 Å². The summed E-state index contributed by atoms with van der Waals surface area (Å²) in [5.41, 5.74) is 1.53. The van der Waals surface area contributed by atoms with Crippen molar-refractivity contribution in [2.45, 2.75) is 13.8 Å². The van der Waals surface area contributed by atoms with Gasteiger partial charge in [-0.1, -0.05) is 6.07 Å². The number of ether oxygens (including phenoxy) is 2. The van der Waals surface area contributed by atoms with Crippen LogP contribution in [0.2, 0.25) is 0 Å². The van der Waals surface area contributed by atoms with E-state index in [4.69, 9.17) is 13.9 Å². The number of benzene rings is 2. The zero-order valence-electron chi connectivity index (χ0n) is 16.7. The van der Waals surface area contributed by atoms with Gasteiger partial charge in [0.25, 0.3) is 11.8 Å². The van der Waals surface area contributed by atoms with Crippen molar-refractivity contribution < 1.29 is 27.9 Å². The lowest BCUT2D eigenvalue weighted by Crippen LogP contribution is -2.20. The zero-order chi connectivity index (χ0) is 21.7. The lowest BCUT2D eigenvalue weighted by Gasteiger charge is -2.12. The fourth-order valence-electron chi connectivity index (χ4n) is 2.74. The van der Waals surface area contributed by atoms with Gasteiger partial charge in [0.15, 0.2) is 18.1 Å². The Morgan fingerprint density at radius 1 is 1.03 bits per heavy atom. The van der Waals surface area contributed by atoms with Crippen LogP contribution in [0.4, 0.5) is 15.8 Å². The predicted molar refractivity (Wildman–Crippen MR) is 110 cm³/mol. The second-order valence-corrected chi connectivity index (χ2v) is 6.53. The smallest absolute Gasteiger partial charge is 0.262 e. The van der Waals surface area contributed by atoms with Gasteiger partial charge in [-0.25, -0.2) is 4.39 Å². The molecule has 7 nitrogen and oxygen atoms in total. The first-order valence-corrected chi connectivity index (χ1v) is 9.09. The molecule has 0 spiro atoms. The van der Waals surface area contributed by atoms with Gasteiger partial charge in [0.2, 0.25) is 0 Å². The molecule has 1 heterocycles. The van der Waals surface area contributed by atoms with Crippen molar-refractivity contribution in [1.29, 1.82) is 0 Å². The van der Waals surface area contributed by atoms with Gasteiger partial charge in [-0.15, -0.1) is 0 Å². The molecule has 0 fully saturated rings. The first-order chi connectivity index (χ1) is 14.4. The van der Waals surface area contributed by atoms with E-state index in [0.717, 1.165) is 11.6 Å². The van der Waals surface area contributed by atoms with Crippen molar-refractivity contribution in [2.24, 2.45) is 0 Å². The van der Waals surface area contributed by atoms with Crippen molar-refractivity contribution in [3.8, 4) is 11.5 Å². The Balaban J connectivity index is 1.64. The number of aryl methyl sites for hydroxylation is 2. The van der Waals surface area contributed by atoms with E-state index >= 15 is 0 Å². The van der Waals surface area contributed by atoms with Gasteiger partial charge in [-0.05, 0) is 55.8 Å². The van der Waals surface area contributed by atoms with E-state index in [9.17, 15) is 14.0 Å². The Labute approximate surface area is 172 Å². The third kappa shape index (κ3) is 4.96. The monoisotopic (exact) mass is 412 g/mol. The van der Waals surface area contributed by atoms with Crippen molar-refractivity contribution >= 4 is 23.2 Å². The standard InChI is InChI=1S/C22H21FN2O5/c1-13-4-7-19(20(10-13)28-3)30-12-21(26)24-15-5-6-17(23)18(11-15)25-22(27)16-8-9-29-14(16)2/h4-11H,12H2,1-3H3,(H,24,26)(H,25,27). The summed E-state index contributed by atoms with van der Waals surface area (Å²) in [6.45, 7) is 3.27. The highest BCUT2D eigenvalue weighted by atomic mass is 19.1. The Morgan fingerprint density at radius 3 is 2.53 bits per heavy atom. The molecule has 0 atom stereocenters. The molecular weight excluding hydrogens is 391 g/mol. The summed E-state index contributed by atoms with van der Waals surface area (Å²) in [5, 5.41) is 5.08. The molecule has 0 aliphatic heterocycles. The van der Waals surface area contributed by atoms with Crippen LogP contribution in [-0.2, 0) is 4.79 Å². The molecule has 1 aromatic heterocycles. The molecule has 0 radical (unpaired) electrons. The number of amides is 2. The van der Waals surface area contributed by atoms with E-state index in [-0.39, 0.29) is 12.3 Å². The van der Waals surface area contributed by atoms with Gasteiger partial charge in [0.05, 0.1) is 24.6 Å². The summed E-state index contributed by atoms with van der Waals surface area (Å²) < 4.78 is 29.9. The molecule has 8 heteroatoms. The first-order valence-electron chi connectivity index (χ1n) is 9.09. The van der Waals surface area contributed by atoms with Crippen molar-refractivity contribution in [1.82, 2.24) is 0 Å². The number of halogens is 1. The highest BCUT2D eigenvalue weighted by Gasteiger charge is 2.15. The van der Waals surface area contributed by atoms with Crippen LogP contribution >= 0.6 is 0 Å². The van der Waals surface area contributed by atoms with Crippen LogP contribution in [0.15, 0.2) is 53.1 Å². The van der Waals surface area contributed by atoms with E-state index in [1.165, 1.54) is 31.6 Å². The second kappa shape index (κ2) is 9.13. The summed E-state index contributed by atoms with van der Waals surface area (Å²) in [5.74, 6) is -0.236. The summed E-state index contributed by atoms with van der Waals surface area (Å²) >= 11 is 0. The number of methoxy groups -OCH3 is 1. The van der Waals surface area contributed by atoms with Gasteiger partial charge in [0.1, 0.15) is 11.6 Å². The summed E-state index contributed by atoms with van der Waals surface area (Å²) in [6, 6.07) is 10.7. The Kier molecular flexibility index (Phi) is 6.36. The molecular formula is C22H21FN2O5. The van der Waals surface area contributed by atoms with Crippen LogP contribution in [0.5, 0.6) is 11.5 Å². The van der Waals surface area contributed by atoms with E-state index in [2.05, 4.69) is 10.6 Å². The molecule has 0 saturated carbocycles. The number of hydrogen-bond acceptors (Lipinski definition) is 5. The van der Waals surface area contributed by atoms with E-state index in [1.807, 2.05) is 13.0 Å². The molecule has 2 aromatic carbocycles. The molecule has 0 saturated heterocycles. The van der Waals surface area contributed by atoms with Gasteiger partial charge in [-0.2, -0.15) is 0 Å². The third-order valence-corrected chi connectivity index (χ3v) is 4.28. The van der Waals surface area contributed by atoms with Gasteiger partial charge in [0, 0.05) is 5.69 Å². The summed E-state index contributed by atoms with van der Waals surface area (Å²) in [4.78, 5) is 24.5. The fourth-order valence-corrected chi connectivity index (χ4v) is 2.74. The molecule has 2 N–H and O–H groups in total. The average molecular weight is 412 g/mol. The van der Waals surface area contributed by atoms with Gasteiger partial charge >= 0.3 is 0 Å². The normalized spacial score (nSPS) is 10.4. The molecule has 0 aliphatic carbocycles. The van der Waals surface area contributed by atoms with Crippen molar-refractivity contribution in [3.05, 3.63) is 71.4 Å². The lowest BCUT2D eigenvalue weighted by molar-refractivity contribution is -0.118. The minimum Gasteiger partial charge on any atom is -0.493 e. The molecule has 156 valence electrons. The van der Waals surface area contributed by atoms with Crippen molar-refractivity contribution in [3.63, 3.8) is 0 Å². The molecule has 0 unspecified atom stereocenters. The maximum Gasteiger partial charge on any atom is 0.262 e. The van der Waals surface area contributed by atoms with Crippen LogP contribution < -0.4 is 20.1 Å². The van der Waals surface area contributed by atoms with E-state index in [1.54, 1.807) is 19.1 Å². The zero-order valence-corrected chi connectivity index (χ0v) is 16.7. The number of hydrogen-bond donors (Lipinski definition) is 2. The van der Waals surface area contributed by atoms with Gasteiger partial charge in [-0.3, -0.25) is 9.59 Å². The fraction of sp³-hybridized carbons (Fsp3) is 0.182. The highest BCUT2D eigenvalue weighted by molar-refractivity contribution is 6.05. The second-order valence-electron chi connectivity index (χ2n) is 6.53. The minimum atomic E-state index is -0.636. The highest BCUT2D eigenvalue weighted by Crippen LogP contribution is 2.28. The molecule has 0 bridgehead atoms. The first kappa shape index (κ1) is 20.9. The molecule has 2 amide bonds. The topological polar surface area (TPSA) is 89.8 Å². The summed E-state index contributed by atoms with van der Waals surface area (Å²) in [6.07, 6.45) is 1.38. The number of nitrogens with one attached hydrogen (secondary N) is 2. The minimum absolute atomic E-state index is 0.0699. The lowest BCUT2D eigenvalue weighted by atomic mass is 10.2. The Morgan fingerprint density at radius 2 is 1.83 bits per heavy atom. The predicted octanol–water partition coefficient (Wildman–Crippen LogP) is 4.31. The van der Waals surface area contributed by atoms with Crippen LogP contribution in [0, 0.1) is 19.7 Å². The third-order valence-electron chi connectivity index (χ3n) is 4.28.